The van der Waals surface area contributed by atoms with E-state index in [2.05, 4.69) is 26.3 Å². The van der Waals surface area contributed by atoms with Crippen LogP contribution in [0.15, 0.2) is 0 Å². The molecule has 0 amide bonds. The zero-order valence-corrected chi connectivity index (χ0v) is 8.24. The van der Waals surface area contributed by atoms with Crippen LogP contribution in [0, 0.1) is 0 Å². The van der Waals surface area contributed by atoms with E-state index in [1.165, 1.54) is 25.7 Å². The van der Waals surface area contributed by atoms with Crippen LogP contribution in [-0.4, -0.2) is 12.6 Å². The van der Waals surface area contributed by atoms with Gasteiger partial charge in [-0.05, 0) is 20.3 Å². The summed E-state index contributed by atoms with van der Waals surface area (Å²) < 4.78 is 0. The SMILES string of the molecule is CCCCCC(C)(C)NOC. The predicted octanol–water partition coefficient (Wildman–Crippen LogP) is 2.50. The van der Waals surface area contributed by atoms with Crippen LogP contribution >= 0.6 is 0 Å². The minimum atomic E-state index is 0.129. The first kappa shape index (κ1) is 10.9. The molecule has 2 nitrogen and oxygen atoms in total. The van der Waals surface area contributed by atoms with Crippen LogP contribution in [0.25, 0.3) is 0 Å². The monoisotopic (exact) mass is 159 g/mol. The first-order valence-electron chi connectivity index (χ1n) is 4.42. The van der Waals surface area contributed by atoms with E-state index in [4.69, 9.17) is 4.84 Å². The van der Waals surface area contributed by atoms with E-state index in [0.29, 0.717) is 0 Å². The lowest BCUT2D eigenvalue weighted by atomic mass is 9.98. The summed E-state index contributed by atoms with van der Waals surface area (Å²) in [5.74, 6) is 0. The Hall–Kier alpha value is -0.0800. The maximum Gasteiger partial charge on any atom is 0.0572 e. The molecule has 0 bridgehead atoms. The fourth-order valence-corrected chi connectivity index (χ4v) is 1.14. The Labute approximate surface area is 70.3 Å². The van der Waals surface area contributed by atoms with Crippen molar-refractivity contribution in [2.24, 2.45) is 0 Å². The third kappa shape index (κ3) is 6.32. The summed E-state index contributed by atoms with van der Waals surface area (Å²) in [6, 6.07) is 0. The molecule has 68 valence electrons. The van der Waals surface area contributed by atoms with E-state index in [1.807, 2.05) is 0 Å². The maximum atomic E-state index is 4.89. The molecule has 0 aliphatic heterocycles. The van der Waals surface area contributed by atoms with E-state index in [-0.39, 0.29) is 5.54 Å². The largest absolute Gasteiger partial charge is 0.305 e. The molecule has 1 N–H and O–H groups in total. The average Bonchev–Trinajstić information content (AvgIpc) is 1.87. The number of hydrogen-bond acceptors (Lipinski definition) is 2. The number of unbranched alkanes of at least 4 members (excludes halogenated alkanes) is 2. The Morgan fingerprint density at radius 1 is 1.27 bits per heavy atom. The van der Waals surface area contributed by atoms with Gasteiger partial charge in [0.1, 0.15) is 0 Å². The van der Waals surface area contributed by atoms with Crippen molar-refractivity contribution < 1.29 is 4.84 Å². The highest BCUT2D eigenvalue weighted by Gasteiger charge is 2.15. The highest BCUT2D eigenvalue weighted by molar-refractivity contribution is 4.72. The van der Waals surface area contributed by atoms with Gasteiger partial charge in [0.05, 0.1) is 7.11 Å². The highest BCUT2D eigenvalue weighted by Crippen LogP contribution is 2.13. The van der Waals surface area contributed by atoms with Crippen LogP contribution in [0.2, 0.25) is 0 Å². The quantitative estimate of drug-likeness (QED) is 0.475. The fraction of sp³-hybridized carbons (Fsp3) is 1.00. The Morgan fingerprint density at radius 2 is 1.91 bits per heavy atom. The van der Waals surface area contributed by atoms with Crippen molar-refractivity contribution in [2.75, 3.05) is 7.11 Å². The van der Waals surface area contributed by atoms with Crippen LogP contribution in [0.3, 0.4) is 0 Å². The standard InChI is InChI=1S/C9H21NO/c1-5-6-7-8-9(2,3)10-11-4/h10H,5-8H2,1-4H3. The van der Waals surface area contributed by atoms with Gasteiger partial charge in [-0.25, -0.2) is 0 Å². The van der Waals surface area contributed by atoms with E-state index in [1.54, 1.807) is 7.11 Å². The van der Waals surface area contributed by atoms with Crippen molar-refractivity contribution in [1.82, 2.24) is 5.48 Å². The van der Waals surface area contributed by atoms with Gasteiger partial charge in [-0.2, -0.15) is 5.48 Å². The maximum absolute atomic E-state index is 4.89. The third-order valence-corrected chi connectivity index (χ3v) is 1.78. The summed E-state index contributed by atoms with van der Waals surface area (Å²) in [5, 5.41) is 0. The summed E-state index contributed by atoms with van der Waals surface area (Å²) in [4.78, 5) is 4.89. The van der Waals surface area contributed by atoms with E-state index in [9.17, 15) is 0 Å². The molecule has 0 aromatic heterocycles. The topological polar surface area (TPSA) is 21.3 Å². The molecular weight excluding hydrogens is 138 g/mol. The van der Waals surface area contributed by atoms with Gasteiger partial charge in [0, 0.05) is 5.54 Å². The smallest absolute Gasteiger partial charge is 0.0572 e. The predicted molar refractivity (Wildman–Crippen MR) is 48.4 cm³/mol. The minimum Gasteiger partial charge on any atom is -0.305 e. The van der Waals surface area contributed by atoms with Gasteiger partial charge < -0.3 is 4.84 Å². The molecule has 0 spiro atoms. The summed E-state index contributed by atoms with van der Waals surface area (Å²) >= 11 is 0. The second kappa shape index (κ2) is 5.56. The van der Waals surface area contributed by atoms with Gasteiger partial charge in [-0.3, -0.25) is 0 Å². The van der Waals surface area contributed by atoms with Crippen LogP contribution in [0.5, 0.6) is 0 Å². The molecule has 0 saturated carbocycles. The lowest BCUT2D eigenvalue weighted by molar-refractivity contribution is 0.0228. The third-order valence-electron chi connectivity index (χ3n) is 1.78. The zero-order valence-electron chi connectivity index (χ0n) is 8.24. The summed E-state index contributed by atoms with van der Waals surface area (Å²) in [5.41, 5.74) is 3.11. The first-order chi connectivity index (χ1) is 5.12. The molecule has 0 aliphatic rings. The van der Waals surface area contributed by atoms with Gasteiger partial charge in [-0.15, -0.1) is 0 Å². The summed E-state index contributed by atoms with van der Waals surface area (Å²) in [7, 11) is 1.67. The van der Waals surface area contributed by atoms with Gasteiger partial charge in [-0.1, -0.05) is 26.2 Å². The molecule has 0 rings (SSSR count). The molecule has 0 aromatic carbocycles. The Bertz CT molecular complexity index is 91.6. The van der Waals surface area contributed by atoms with Crippen molar-refractivity contribution in [1.29, 1.82) is 0 Å². The van der Waals surface area contributed by atoms with Gasteiger partial charge in [0.25, 0.3) is 0 Å². The van der Waals surface area contributed by atoms with Crippen molar-refractivity contribution in [2.45, 2.75) is 52.0 Å². The zero-order chi connectivity index (χ0) is 8.74. The number of rotatable bonds is 6. The van der Waals surface area contributed by atoms with Crippen molar-refractivity contribution in [3.63, 3.8) is 0 Å². The number of hydrogen-bond donors (Lipinski definition) is 1. The van der Waals surface area contributed by atoms with Gasteiger partial charge >= 0.3 is 0 Å². The van der Waals surface area contributed by atoms with Crippen molar-refractivity contribution in [3.05, 3.63) is 0 Å². The Balaban J connectivity index is 3.38. The lowest BCUT2D eigenvalue weighted by Crippen LogP contribution is -2.38. The minimum absolute atomic E-state index is 0.129. The normalized spacial score (nSPS) is 12.0. The fourth-order valence-electron chi connectivity index (χ4n) is 1.14. The van der Waals surface area contributed by atoms with Crippen LogP contribution in [0.1, 0.15) is 46.5 Å². The van der Waals surface area contributed by atoms with Gasteiger partial charge in [0.15, 0.2) is 0 Å². The molecule has 0 radical (unpaired) electrons. The van der Waals surface area contributed by atoms with Crippen molar-refractivity contribution >= 4 is 0 Å². The molecule has 0 aliphatic carbocycles. The van der Waals surface area contributed by atoms with Gasteiger partial charge in [0.2, 0.25) is 0 Å². The van der Waals surface area contributed by atoms with Crippen LogP contribution < -0.4 is 5.48 Å². The molecule has 0 unspecified atom stereocenters. The average molecular weight is 159 g/mol. The molecule has 0 atom stereocenters. The second-order valence-electron chi connectivity index (χ2n) is 3.65. The van der Waals surface area contributed by atoms with Crippen molar-refractivity contribution in [3.8, 4) is 0 Å². The molecule has 2 heteroatoms. The summed E-state index contributed by atoms with van der Waals surface area (Å²) in [6.07, 6.45) is 5.05. The molecule has 11 heavy (non-hydrogen) atoms. The molecule has 0 heterocycles. The highest BCUT2D eigenvalue weighted by atomic mass is 16.6. The van der Waals surface area contributed by atoms with E-state index >= 15 is 0 Å². The van der Waals surface area contributed by atoms with Crippen LogP contribution in [-0.2, 0) is 4.84 Å². The van der Waals surface area contributed by atoms with E-state index in [0.717, 1.165) is 0 Å². The number of nitrogens with one attached hydrogen (secondary N) is 1. The van der Waals surface area contributed by atoms with Crippen LogP contribution in [0.4, 0.5) is 0 Å². The second-order valence-corrected chi connectivity index (χ2v) is 3.65. The first-order valence-corrected chi connectivity index (χ1v) is 4.42. The van der Waals surface area contributed by atoms with E-state index < -0.39 is 0 Å². The molecule has 0 aromatic rings. The molecule has 0 saturated heterocycles. The Kier molecular flexibility index (Phi) is 5.51. The number of hydroxylamine groups is 1. The lowest BCUT2D eigenvalue weighted by Gasteiger charge is -2.24. The molecular formula is C9H21NO. The Morgan fingerprint density at radius 3 is 2.36 bits per heavy atom. The molecule has 0 fully saturated rings. The summed E-state index contributed by atoms with van der Waals surface area (Å²) in [6.45, 7) is 6.54.